The number of hydrogen-bond acceptors (Lipinski definition) is 3. The maximum absolute atomic E-state index is 12.5. The Bertz CT molecular complexity index is 1070. The molecule has 1 aliphatic rings. The fourth-order valence-corrected chi connectivity index (χ4v) is 4.00. The molecule has 25 heavy (non-hydrogen) atoms. The first kappa shape index (κ1) is 15.8. The maximum atomic E-state index is 12.5. The van der Waals surface area contributed by atoms with Gasteiger partial charge in [-0.3, -0.25) is 9.59 Å². The Morgan fingerprint density at radius 2 is 1.60 bits per heavy atom. The van der Waals surface area contributed by atoms with E-state index >= 15 is 0 Å². The van der Waals surface area contributed by atoms with Crippen LogP contribution in [0.5, 0.6) is 0 Å². The zero-order valence-corrected chi connectivity index (χ0v) is 15.0. The van der Waals surface area contributed by atoms with Gasteiger partial charge in [-0.15, -0.1) is 0 Å². The Hall–Kier alpha value is -2.68. The van der Waals surface area contributed by atoms with E-state index < -0.39 is 0 Å². The summed E-state index contributed by atoms with van der Waals surface area (Å²) in [6.45, 7) is 8.21. The van der Waals surface area contributed by atoms with Crippen LogP contribution < -0.4 is 15.8 Å². The summed E-state index contributed by atoms with van der Waals surface area (Å²) in [6.07, 6.45) is 0.889. The van der Waals surface area contributed by atoms with Crippen molar-refractivity contribution in [1.82, 2.24) is 0 Å². The molecule has 1 heterocycles. The number of fused-ring (bicyclic) bond motifs is 1. The quantitative estimate of drug-likeness (QED) is 0.667. The highest BCUT2D eigenvalue weighted by molar-refractivity contribution is 5.89. The molecule has 3 aromatic carbocycles. The summed E-state index contributed by atoms with van der Waals surface area (Å²) in [5, 5.41) is 0. The molecule has 0 radical (unpaired) electrons. The third-order valence-electron chi connectivity index (χ3n) is 5.44. The molecule has 0 aliphatic carbocycles. The summed E-state index contributed by atoms with van der Waals surface area (Å²) < 4.78 is 0. The van der Waals surface area contributed by atoms with Crippen LogP contribution in [0.25, 0.3) is 11.1 Å². The molecule has 3 heteroatoms. The Kier molecular flexibility index (Phi) is 3.43. The van der Waals surface area contributed by atoms with Gasteiger partial charge in [0.2, 0.25) is 5.43 Å². The highest BCUT2D eigenvalue weighted by atomic mass is 16.2. The smallest absolute Gasteiger partial charge is 0.250 e. The molecule has 0 bridgehead atoms. The van der Waals surface area contributed by atoms with Gasteiger partial charge in [0.1, 0.15) is 5.69 Å². The standard InChI is InChI=1S/C22H21NO2/c1-12-9-14(3)17(10-13(12)2)19-20(22(25)21(19)24)23-15(4)11-16-7-5-6-8-18(16)23/h5-10,15H,11H2,1-4H3/t15-/m0/s1. The lowest BCUT2D eigenvalue weighted by Crippen LogP contribution is -2.42. The second kappa shape index (κ2) is 5.41. The molecule has 0 amide bonds. The zero-order chi connectivity index (χ0) is 17.9. The number of aryl methyl sites for hydroxylation is 3. The first-order chi connectivity index (χ1) is 11.9. The summed E-state index contributed by atoms with van der Waals surface area (Å²) in [5.74, 6) is 0. The van der Waals surface area contributed by atoms with Crippen molar-refractivity contribution in [2.24, 2.45) is 0 Å². The zero-order valence-electron chi connectivity index (χ0n) is 15.0. The van der Waals surface area contributed by atoms with Gasteiger partial charge in [0.15, 0.2) is 0 Å². The van der Waals surface area contributed by atoms with E-state index in [0.29, 0.717) is 11.3 Å². The molecule has 0 fully saturated rings. The number of hydrogen-bond donors (Lipinski definition) is 0. The van der Waals surface area contributed by atoms with Gasteiger partial charge in [-0.2, -0.15) is 0 Å². The van der Waals surface area contributed by atoms with Crippen LogP contribution in [0.1, 0.15) is 29.2 Å². The molecule has 4 rings (SSSR count). The van der Waals surface area contributed by atoms with E-state index in [1.807, 2.05) is 38.1 Å². The molecule has 1 atom stereocenters. The molecule has 0 spiro atoms. The summed E-state index contributed by atoms with van der Waals surface area (Å²) in [7, 11) is 0. The Balaban J connectivity index is 1.93. The Morgan fingerprint density at radius 1 is 0.920 bits per heavy atom. The molecule has 0 aromatic heterocycles. The highest BCUT2D eigenvalue weighted by Gasteiger charge is 2.35. The van der Waals surface area contributed by atoms with Gasteiger partial charge in [-0.1, -0.05) is 30.3 Å². The SMILES string of the molecule is Cc1cc(C)c(-c2c(N3c4ccccc4C[C@@H]3C)c(=O)c2=O)cc1C. The first-order valence-electron chi connectivity index (χ1n) is 8.68. The van der Waals surface area contributed by atoms with Crippen LogP contribution in [0.2, 0.25) is 0 Å². The molecular weight excluding hydrogens is 310 g/mol. The number of rotatable bonds is 2. The minimum Gasteiger partial charge on any atom is -0.334 e. The third-order valence-corrected chi connectivity index (χ3v) is 5.44. The Morgan fingerprint density at radius 3 is 2.36 bits per heavy atom. The predicted octanol–water partition coefficient (Wildman–Crippen LogP) is 3.96. The molecule has 3 aromatic rings. The molecular formula is C22H21NO2. The van der Waals surface area contributed by atoms with Crippen molar-refractivity contribution in [3.8, 4) is 11.1 Å². The van der Waals surface area contributed by atoms with Crippen molar-refractivity contribution in [2.45, 2.75) is 40.2 Å². The van der Waals surface area contributed by atoms with Crippen LogP contribution in [0.3, 0.4) is 0 Å². The second-order valence-corrected chi connectivity index (χ2v) is 7.19. The van der Waals surface area contributed by atoms with Crippen LogP contribution in [0.15, 0.2) is 46.0 Å². The number of anilines is 2. The van der Waals surface area contributed by atoms with E-state index in [1.165, 1.54) is 11.1 Å². The van der Waals surface area contributed by atoms with E-state index in [2.05, 4.69) is 30.9 Å². The second-order valence-electron chi connectivity index (χ2n) is 7.19. The van der Waals surface area contributed by atoms with Crippen molar-refractivity contribution in [2.75, 3.05) is 4.90 Å². The average molecular weight is 331 g/mol. The van der Waals surface area contributed by atoms with E-state index in [4.69, 9.17) is 0 Å². The van der Waals surface area contributed by atoms with Gasteiger partial charge in [0, 0.05) is 11.7 Å². The minimum atomic E-state index is -0.365. The number of para-hydroxylation sites is 1. The monoisotopic (exact) mass is 331 g/mol. The summed E-state index contributed by atoms with van der Waals surface area (Å²) in [5.41, 5.74) is 6.94. The first-order valence-corrected chi connectivity index (χ1v) is 8.68. The number of benzene rings is 2. The van der Waals surface area contributed by atoms with Crippen molar-refractivity contribution in [3.63, 3.8) is 0 Å². The molecule has 3 nitrogen and oxygen atoms in total. The van der Waals surface area contributed by atoms with Gasteiger partial charge in [-0.05, 0) is 68.0 Å². The van der Waals surface area contributed by atoms with Crippen LogP contribution in [0, 0.1) is 20.8 Å². The van der Waals surface area contributed by atoms with Crippen molar-refractivity contribution < 1.29 is 0 Å². The Labute approximate surface area is 147 Å². The minimum absolute atomic E-state index is 0.173. The largest absolute Gasteiger partial charge is 0.334 e. The summed E-state index contributed by atoms with van der Waals surface area (Å²) in [6, 6.07) is 12.4. The van der Waals surface area contributed by atoms with Crippen molar-refractivity contribution in [1.29, 1.82) is 0 Å². The topological polar surface area (TPSA) is 37.4 Å². The number of nitrogens with zero attached hydrogens (tertiary/aromatic N) is 1. The molecule has 0 saturated heterocycles. The molecule has 0 saturated carbocycles. The van der Waals surface area contributed by atoms with Crippen LogP contribution >= 0.6 is 0 Å². The van der Waals surface area contributed by atoms with E-state index in [1.54, 1.807) is 0 Å². The summed E-state index contributed by atoms with van der Waals surface area (Å²) >= 11 is 0. The normalized spacial score (nSPS) is 16.5. The van der Waals surface area contributed by atoms with Crippen LogP contribution in [0.4, 0.5) is 11.4 Å². The van der Waals surface area contributed by atoms with Crippen LogP contribution in [-0.2, 0) is 6.42 Å². The average Bonchev–Trinajstić information content (AvgIpc) is 2.91. The highest BCUT2D eigenvalue weighted by Crippen LogP contribution is 2.41. The van der Waals surface area contributed by atoms with Crippen molar-refractivity contribution in [3.05, 3.63) is 79.1 Å². The third kappa shape index (κ3) is 2.19. The molecule has 1 aliphatic heterocycles. The lowest BCUT2D eigenvalue weighted by molar-refractivity contribution is 0.755. The van der Waals surface area contributed by atoms with E-state index in [-0.39, 0.29) is 16.9 Å². The van der Waals surface area contributed by atoms with E-state index in [0.717, 1.165) is 28.8 Å². The predicted molar refractivity (Wildman–Crippen MR) is 103 cm³/mol. The molecule has 0 N–H and O–H groups in total. The fraction of sp³-hybridized carbons (Fsp3) is 0.273. The molecule has 0 unspecified atom stereocenters. The van der Waals surface area contributed by atoms with Gasteiger partial charge in [-0.25, -0.2) is 0 Å². The van der Waals surface area contributed by atoms with Crippen molar-refractivity contribution >= 4 is 11.4 Å². The van der Waals surface area contributed by atoms with Gasteiger partial charge in [0.25, 0.3) is 5.43 Å². The van der Waals surface area contributed by atoms with Gasteiger partial charge >= 0.3 is 0 Å². The van der Waals surface area contributed by atoms with E-state index in [9.17, 15) is 9.59 Å². The maximum Gasteiger partial charge on any atom is 0.250 e. The van der Waals surface area contributed by atoms with Crippen LogP contribution in [-0.4, -0.2) is 6.04 Å². The lowest BCUT2D eigenvalue weighted by Gasteiger charge is -2.28. The lowest BCUT2D eigenvalue weighted by atomic mass is 9.91. The van der Waals surface area contributed by atoms with Gasteiger partial charge in [0.05, 0.1) is 5.56 Å². The molecule has 126 valence electrons. The van der Waals surface area contributed by atoms with Gasteiger partial charge < -0.3 is 4.90 Å². The summed E-state index contributed by atoms with van der Waals surface area (Å²) in [4.78, 5) is 27.0. The fourth-order valence-electron chi connectivity index (χ4n) is 4.00.